The highest BCUT2D eigenvalue weighted by Crippen LogP contribution is 2.19. The van der Waals surface area contributed by atoms with Crippen molar-refractivity contribution >= 4 is 29.1 Å². The maximum atomic E-state index is 5.18. The molecule has 1 fully saturated rings. The lowest BCUT2D eigenvalue weighted by atomic mass is 10.1. The Morgan fingerprint density at radius 1 is 1.67 bits per heavy atom. The minimum absolute atomic E-state index is 0.769. The average Bonchev–Trinajstić information content (AvgIpc) is 2.17. The van der Waals surface area contributed by atoms with E-state index in [4.69, 9.17) is 12.2 Å². The van der Waals surface area contributed by atoms with E-state index in [1.54, 1.807) is 0 Å². The van der Waals surface area contributed by atoms with E-state index >= 15 is 0 Å². The molecule has 0 saturated carbocycles. The van der Waals surface area contributed by atoms with Crippen LogP contribution in [0.2, 0.25) is 0 Å². The number of rotatable bonds is 1. The van der Waals surface area contributed by atoms with E-state index in [2.05, 4.69) is 16.5 Å². The Kier molecular flexibility index (Phi) is 4.15. The van der Waals surface area contributed by atoms with Gasteiger partial charge in [-0.15, -0.1) is 0 Å². The molecule has 12 heavy (non-hydrogen) atoms. The summed E-state index contributed by atoms with van der Waals surface area (Å²) < 4.78 is 0. The third kappa shape index (κ3) is 2.52. The first-order valence-corrected chi connectivity index (χ1v) is 5.97. The van der Waals surface area contributed by atoms with E-state index < -0.39 is 0 Å². The minimum Gasteiger partial charge on any atom is -0.366 e. The van der Waals surface area contributed by atoms with E-state index in [-0.39, 0.29) is 0 Å². The van der Waals surface area contributed by atoms with Gasteiger partial charge in [-0.25, -0.2) is 0 Å². The largest absolute Gasteiger partial charge is 0.366 e. The van der Waals surface area contributed by atoms with Gasteiger partial charge in [0, 0.05) is 25.4 Å². The molecule has 0 aliphatic carbocycles. The van der Waals surface area contributed by atoms with Gasteiger partial charge >= 0.3 is 0 Å². The SMILES string of the molecule is CNC(=S)N1CCCC(SC)C1. The fourth-order valence-electron chi connectivity index (χ4n) is 1.47. The molecule has 1 rings (SSSR count). The maximum Gasteiger partial charge on any atom is 0.168 e. The Bertz CT molecular complexity index is 161. The van der Waals surface area contributed by atoms with Crippen LogP contribution in [0.25, 0.3) is 0 Å². The Balaban J connectivity index is 2.40. The van der Waals surface area contributed by atoms with Crippen LogP contribution in [0, 0.1) is 0 Å². The van der Waals surface area contributed by atoms with Crippen molar-refractivity contribution in [2.24, 2.45) is 0 Å². The highest BCUT2D eigenvalue weighted by molar-refractivity contribution is 7.99. The number of nitrogens with zero attached hydrogens (tertiary/aromatic N) is 1. The average molecular weight is 204 g/mol. The number of hydrogen-bond acceptors (Lipinski definition) is 2. The first-order chi connectivity index (χ1) is 5.77. The van der Waals surface area contributed by atoms with Crippen LogP contribution in [0.3, 0.4) is 0 Å². The standard InChI is InChI=1S/C8H16N2S2/c1-9-8(11)10-5-3-4-7(6-10)12-2/h7H,3-6H2,1-2H3,(H,9,11). The van der Waals surface area contributed by atoms with E-state index in [9.17, 15) is 0 Å². The Hall–Kier alpha value is 0.0400. The first-order valence-electron chi connectivity index (χ1n) is 4.27. The van der Waals surface area contributed by atoms with Gasteiger partial charge in [0.25, 0.3) is 0 Å². The molecule has 70 valence electrons. The zero-order chi connectivity index (χ0) is 8.97. The van der Waals surface area contributed by atoms with E-state index in [0.717, 1.165) is 23.5 Å². The number of piperidine rings is 1. The molecule has 1 saturated heterocycles. The molecule has 1 unspecified atom stereocenters. The van der Waals surface area contributed by atoms with Crippen LogP contribution in [0.5, 0.6) is 0 Å². The summed E-state index contributed by atoms with van der Waals surface area (Å²) in [5.74, 6) is 0. The van der Waals surface area contributed by atoms with Crippen LogP contribution in [0.4, 0.5) is 0 Å². The Labute approximate surface area is 84.1 Å². The van der Waals surface area contributed by atoms with Crippen molar-refractivity contribution in [1.29, 1.82) is 0 Å². The van der Waals surface area contributed by atoms with Gasteiger partial charge in [-0.3, -0.25) is 0 Å². The molecule has 0 aromatic rings. The second-order valence-electron chi connectivity index (χ2n) is 3.00. The molecule has 0 spiro atoms. The van der Waals surface area contributed by atoms with Gasteiger partial charge in [-0.1, -0.05) is 0 Å². The second-order valence-corrected chi connectivity index (χ2v) is 4.53. The minimum atomic E-state index is 0.769. The van der Waals surface area contributed by atoms with Crippen molar-refractivity contribution in [2.75, 3.05) is 26.4 Å². The lowest BCUT2D eigenvalue weighted by molar-refractivity contribution is 0.347. The van der Waals surface area contributed by atoms with Gasteiger partial charge in [-0.2, -0.15) is 11.8 Å². The van der Waals surface area contributed by atoms with Crippen molar-refractivity contribution in [3.05, 3.63) is 0 Å². The normalized spacial score (nSPS) is 23.8. The smallest absolute Gasteiger partial charge is 0.168 e. The molecular formula is C8H16N2S2. The second kappa shape index (κ2) is 4.92. The summed E-state index contributed by atoms with van der Waals surface area (Å²) in [6, 6.07) is 0. The first kappa shape index (κ1) is 10.1. The predicted octanol–water partition coefficient (Wildman–Crippen LogP) is 1.32. The lowest BCUT2D eigenvalue weighted by Gasteiger charge is -2.33. The van der Waals surface area contributed by atoms with Gasteiger partial charge < -0.3 is 10.2 Å². The number of thiocarbonyl (C=S) groups is 1. The summed E-state index contributed by atoms with van der Waals surface area (Å²) in [6.07, 6.45) is 4.79. The molecule has 1 aliphatic heterocycles. The molecule has 2 nitrogen and oxygen atoms in total. The van der Waals surface area contributed by atoms with Crippen molar-refractivity contribution in [1.82, 2.24) is 10.2 Å². The van der Waals surface area contributed by atoms with Crippen LogP contribution in [0.1, 0.15) is 12.8 Å². The van der Waals surface area contributed by atoms with Crippen LogP contribution in [-0.4, -0.2) is 41.7 Å². The molecule has 4 heteroatoms. The topological polar surface area (TPSA) is 15.3 Å². The van der Waals surface area contributed by atoms with Crippen molar-refractivity contribution in [3.63, 3.8) is 0 Å². The van der Waals surface area contributed by atoms with Crippen LogP contribution in [-0.2, 0) is 0 Å². The highest BCUT2D eigenvalue weighted by Gasteiger charge is 2.19. The van der Waals surface area contributed by atoms with E-state index in [0.29, 0.717) is 0 Å². The van der Waals surface area contributed by atoms with Crippen LogP contribution in [0.15, 0.2) is 0 Å². The van der Waals surface area contributed by atoms with Crippen LogP contribution < -0.4 is 5.32 Å². The quantitative estimate of drug-likeness (QED) is 0.648. The van der Waals surface area contributed by atoms with E-state index in [1.807, 2.05) is 18.8 Å². The summed E-state index contributed by atoms with van der Waals surface area (Å²) in [7, 11) is 1.89. The lowest BCUT2D eigenvalue weighted by Crippen LogP contribution is -2.45. The van der Waals surface area contributed by atoms with Gasteiger partial charge in [0.05, 0.1) is 0 Å². The number of nitrogens with one attached hydrogen (secondary N) is 1. The fourth-order valence-corrected chi connectivity index (χ4v) is 2.37. The number of hydrogen-bond donors (Lipinski definition) is 1. The third-order valence-corrected chi connectivity index (χ3v) is 3.73. The third-order valence-electron chi connectivity index (χ3n) is 2.21. The predicted molar refractivity (Wildman–Crippen MR) is 59.8 cm³/mol. The molecule has 1 aliphatic rings. The zero-order valence-electron chi connectivity index (χ0n) is 7.67. The molecule has 1 N–H and O–H groups in total. The number of thioether (sulfide) groups is 1. The highest BCUT2D eigenvalue weighted by atomic mass is 32.2. The van der Waals surface area contributed by atoms with Gasteiger partial charge in [0.2, 0.25) is 0 Å². The molecule has 0 aromatic heterocycles. The Morgan fingerprint density at radius 3 is 3.00 bits per heavy atom. The van der Waals surface area contributed by atoms with Crippen molar-refractivity contribution < 1.29 is 0 Å². The molecule has 1 heterocycles. The van der Waals surface area contributed by atoms with Gasteiger partial charge in [0.1, 0.15) is 0 Å². The fraction of sp³-hybridized carbons (Fsp3) is 0.875. The van der Waals surface area contributed by atoms with Crippen molar-refractivity contribution in [2.45, 2.75) is 18.1 Å². The summed E-state index contributed by atoms with van der Waals surface area (Å²) in [5.41, 5.74) is 0. The summed E-state index contributed by atoms with van der Waals surface area (Å²) >= 11 is 7.13. The summed E-state index contributed by atoms with van der Waals surface area (Å²) in [6.45, 7) is 2.23. The molecule has 0 bridgehead atoms. The number of likely N-dealkylation sites (tertiary alicyclic amines) is 1. The van der Waals surface area contributed by atoms with Gasteiger partial charge in [0.15, 0.2) is 5.11 Å². The maximum absolute atomic E-state index is 5.18. The van der Waals surface area contributed by atoms with E-state index in [1.165, 1.54) is 12.8 Å². The molecular weight excluding hydrogens is 188 g/mol. The molecule has 0 aromatic carbocycles. The molecule has 0 radical (unpaired) electrons. The Morgan fingerprint density at radius 2 is 2.42 bits per heavy atom. The monoisotopic (exact) mass is 204 g/mol. The summed E-state index contributed by atoms with van der Waals surface area (Å²) in [4.78, 5) is 2.26. The van der Waals surface area contributed by atoms with Crippen LogP contribution >= 0.6 is 24.0 Å². The molecule has 0 amide bonds. The zero-order valence-corrected chi connectivity index (χ0v) is 9.30. The molecule has 1 atom stereocenters. The summed E-state index contributed by atoms with van der Waals surface area (Å²) in [5, 5.41) is 4.69. The van der Waals surface area contributed by atoms with Crippen molar-refractivity contribution in [3.8, 4) is 0 Å². The van der Waals surface area contributed by atoms with Gasteiger partial charge in [-0.05, 0) is 31.3 Å².